The summed E-state index contributed by atoms with van der Waals surface area (Å²) in [6.45, 7) is 4.81. The average Bonchev–Trinajstić information content (AvgIpc) is 2.98. The summed E-state index contributed by atoms with van der Waals surface area (Å²) in [6, 6.07) is 3.46. The van der Waals surface area contributed by atoms with Gasteiger partial charge in [0.15, 0.2) is 6.29 Å². The van der Waals surface area contributed by atoms with Gasteiger partial charge in [0.2, 0.25) is 0 Å². The summed E-state index contributed by atoms with van der Waals surface area (Å²) in [4.78, 5) is 0. The zero-order chi connectivity index (χ0) is 15.8. The molecule has 0 bridgehead atoms. The predicted octanol–water partition coefficient (Wildman–Crippen LogP) is 5.93. The Balaban J connectivity index is 2.28. The molecule has 1 aromatic carbocycles. The molecule has 2 atom stereocenters. The molecule has 0 aliphatic heterocycles. The van der Waals surface area contributed by atoms with Gasteiger partial charge in [-0.05, 0) is 31.5 Å². The van der Waals surface area contributed by atoms with Crippen molar-refractivity contribution in [2.75, 3.05) is 13.2 Å². The lowest BCUT2D eigenvalue weighted by atomic mass is 10.1. The molecule has 0 heterocycles. The molecular formula is C14H15Cl5O2. The molecule has 21 heavy (non-hydrogen) atoms. The van der Waals surface area contributed by atoms with Crippen LogP contribution in [0.4, 0.5) is 0 Å². The van der Waals surface area contributed by atoms with E-state index in [1.54, 1.807) is 12.1 Å². The van der Waals surface area contributed by atoms with Crippen molar-refractivity contribution in [2.24, 2.45) is 5.92 Å². The van der Waals surface area contributed by atoms with Crippen LogP contribution in [0, 0.1) is 5.92 Å². The van der Waals surface area contributed by atoms with Gasteiger partial charge in [0.1, 0.15) is 4.33 Å². The first-order valence-corrected chi connectivity index (χ1v) is 8.49. The highest BCUT2D eigenvalue weighted by molar-refractivity contribution is 6.52. The van der Waals surface area contributed by atoms with Crippen LogP contribution in [0.25, 0.3) is 0 Å². The number of benzene rings is 1. The molecule has 7 heteroatoms. The molecular weight excluding hydrogens is 377 g/mol. The SMILES string of the molecule is CCOC(OCC)[C@H]1[C@H](c2cc(Cl)c(Cl)c(Cl)c2)C1(Cl)Cl. The maximum atomic E-state index is 6.40. The largest absolute Gasteiger partial charge is 0.353 e. The Labute approximate surface area is 149 Å². The molecule has 2 nitrogen and oxygen atoms in total. The fourth-order valence-corrected chi connectivity index (χ4v) is 3.93. The van der Waals surface area contributed by atoms with E-state index < -0.39 is 10.6 Å². The summed E-state index contributed by atoms with van der Waals surface area (Å²) >= 11 is 30.9. The summed E-state index contributed by atoms with van der Waals surface area (Å²) < 4.78 is 10.2. The smallest absolute Gasteiger partial charge is 0.163 e. The van der Waals surface area contributed by atoms with Crippen molar-refractivity contribution in [1.82, 2.24) is 0 Å². The van der Waals surface area contributed by atoms with E-state index in [1.165, 1.54) is 0 Å². The first-order valence-electron chi connectivity index (χ1n) is 6.60. The second-order valence-electron chi connectivity index (χ2n) is 4.76. The predicted molar refractivity (Wildman–Crippen MR) is 89.2 cm³/mol. The van der Waals surface area contributed by atoms with E-state index in [1.807, 2.05) is 13.8 Å². The Morgan fingerprint density at radius 2 is 1.52 bits per heavy atom. The van der Waals surface area contributed by atoms with Crippen molar-refractivity contribution in [3.8, 4) is 0 Å². The van der Waals surface area contributed by atoms with Gasteiger partial charge in [0, 0.05) is 19.1 Å². The molecule has 0 spiro atoms. The number of alkyl halides is 2. The van der Waals surface area contributed by atoms with Gasteiger partial charge in [-0.25, -0.2) is 0 Å². The fourth-order valence-electron chi connectivity index (χ4n) is 2.46. The molecule has 1 aromatic rings. The summed E-state index contributed by atoms with van der Waals surface area (Å²) in [7, 11) is 0. The van der Waals surface area contributed by atoms with Crippen molar-refractivity contribution >= 4 is 58.0 Å². The monoisotopic (exact) mass is 390 g/mol. The van der Waals surface area contributed by atoms with Gasteiger partial charge in [0.05, 0.1) is 21.0 Å². The van der Waals surface area contributed by atoms with E-state index in [0.29, 0.717) is 28.3 Å². The molecule has 1 fully saturated rings. The Bertz CT molecular complexity index is 491. The van der Waals surface area contributed by atoms with Crippen molar-refractivity contribution in [1.29, 1.82) is 0 Å². The van der Waals surface area contributed by atoms with Crippen LogP contribution in [0.2, 0.25) is 15.1 Å². The average molecular weight is 393 g/mol. The first-order chi connectivity index (χ1) is 9.84. The van der Waals surface area contributed by atoms with Crippen molar-refractivity contribution < 1.29 is 9.47 Å². The molecule has 0 unspecified atom stereocenters. The third-order valence-corrected chi connectivity index (χ3v) is 5.60. The highest BCUT2D eigenvalue weighted by Crippen LogP contribution is 2.67. The van der Waals surface area contributed by atoms with Crippen LogP contribution in [-0.2, 0) is 9.47 Å². The van der Waals surface area contributed by atoms with Gasteiger partial charge in [-0.2, -0.15) is 0 Å². The molecule has 2 rings (SSSR count). The van der Waals surface area contributed by atoms with Crippen LogP contribution in [0.15, 0.2) is 12.1 Å². The second kappa shape index (κ2) is 7.00. The van der Waals surface area contributed by atoms with Gasteiger partial charge >= 0.3 is 0 Å². The normalized spacial score (nSPS) is 23.6. The molecule has 1 aliphatic carbocycles. The standard InChI is InChI=1S/C14H15Cl5O2/c1-3-20-13(21-4-2)11-10(14(11,18)19)7-5-8(15)12(17)9(16)6-7/h5-6,10-11,13H,3-4H2,1-2H3/t10-,11+/m0/s1. The Morgan fingerprint density at radius 1 is 1.05 bits per heavy atom. The highest BCUT2D eigenvalue weighted by atomic mass is 35.5. The minimum absolute atomic E-state index is 0.170. The lowest BCUT2D eigenvalue weighted by Crippen LogP contribution is -2.22. The number of hydrogen-bond donors (Lipinski definition) is 0. The topological polar surface area (TPSA) is 18.5 Å². The zero-order valence-electron chi connectivity index (χ0n) is 11.5. The third kappa shape index (κ3) is 3.58. The Kier molecular flexibility index (Phi) is 5.98. The minimum Gasteiger partial charge on any atom is -0.353 e. The molecule has 118 valence electrons. The van der Waals surface area contributed by atoms with E-state index >= 15 is 0 Å². The van der Waals surface area contributed by atoms with E-state index in [0.717, 1.165) is 5.56 Å². The van der Waals surface area contributed by atoms with Crippen LogP contribution < -0.4 is 0 Å². The van der Waals surface area contributed by atoms with Gasteiger partial charge in [-0.3, -0.25) is 0 Å². The summed E-state index contributed by atoms with van der Waals surface area (Å²) in [6.07, 6.45) is -0.465. The molecule has 1 aliphatic rings. The van der Waals surface area contributed by atoms with Crippen LogP contribution in [0.1, 0.15) is 25.3 Å². The number of halogens is 5. The van der Waals surface area contributed by atoms with Crippen LogP contribution in [-0.4, -0.2) is 23.8 Å². The number of ether oxygens (including phenoxy) is 2. The molecule has 0 N–H and O–H groups in total. The third-order valence-electron chi connectivity index (χ3n) is 3.43. The van der Waals surface area contributed by atoms with E-state index in [4.69, 9.17) is 67.5 Å². The Morgan fingerprint density at radius 3 is 1.95 bits per heavy atom. The highest BCUT2D eigenvalue weighted by Gasteiger charge is 2.67. The van der Waals surface area contributed by atoms with Gasteiger partial charge < -0.3 is 9.47 Å². The molecule has 0 amide bonds. The Hall–Kier alpha value is 0.590. The number of rotatable bonds is 6. The summed E-state index contributed by atoms with van der Waals surface area (Å²) in [5.41, 5.74) is 0.828. The fraction of sp³-hybridized carbons (Fsp3) is 0.571. The quantitative estimate of drug-likeness (QED) is 0.339. The molecule has 0 aromatic heterocycles. The van der Waals surface area contributed by atoms with Crippen molar-refractivity contribution in [2.45, 2.75) is 30.4 Å². The van der Waals surface area contributed by atoms with Crippen LogP contribution >= 0.6 is 58.0 Å². The maximum absolute atomic E-state index is 6.40. The molecule has 0 saturated heterocycles. The minimum atomic E-state index is -0.977. The summed E-state index contributed by atoms with van der Waals surface area (Å²) in [5, 5.41) is 1.07. The van der Waals surface area contributed by atoms with E-state index in [9.17, 15) is 0 Å². The first kappa shape index (κ1) is 17.9. The van der Waals surface area contributed by atoms with Crippen molar-refractivity contribution in [3.05, 3.63) is 32.8 Å². The second-order valence-corrected chi connectivity index (χ2v) is 7.39. The maximum Gasteiger partial charge on any atom is 0.163 e. The summed E-state index contributed by atoms with van der Waals surface area (Å²) in [5.74, 6) is -0.356. The lowest BCUT2D eigenvalue weighted by molar-refractivity contribution is -0.149. The molecule has 1 saturated carbocycles. The van der Waals surface area contributed by atoms with Gasteiger partial charge in [-0.15, -0.1) is 23.2 Å². The van der Waals surface area contributed by atoms with E-state index in [-0.39, 0.29) is 11.8 Å². The van der Waals surface area contributed by atoms with Gasteiger partial charge in [0.25, 0.3) is 0 Å². The van der Waals surface area contributed by atoms with E-state index in [2.05, 4.69) is 0 Å². The van der Waals surface area contributed by atoms with Gasteiger partial charge in [-0.1, -0.05) is 34.8 Å². The zero-order valence-corrected chi connectivity index (χ0v) is 15.3. The van der Waals surface area contributed by atoms with Crippen molar-refractivity contribution in [3.63, 3.8) is 0 Å². The van der Waals surface area contributed by atoms with Crippen LogP contribution in [0.3, 0.4) is 0 Å². The lowest BCUT2D eigenvalue weighted by Gasteiger charge is -2.17. The molecule has 0 radical (unpaired) electrons. The van der Waals surface area contributed by atoms with Crippen LogP contribution in [0.5, 0.6) is 0 Å². The number of hydrogen-bond acceptors (Lipinski definition) is 2.